The third-order valence-electron chi connectivity index (χ3n) is 4.91. The molecule has 1 fully saturated rings. The van der Waals surface area contributed by atoms with Gasteiger partial charge in [-0.05, 0) is 47.4 Å². The molecule has 2 unspecified atom stereocenters. The Balaban J connectivity index is 1.98. The van der Waals surface area contributed by atoms with Crippen molar-refractivity contribution in [3.63, 3.8) is 0 Å². The summed E-state index contributed by atoms with van der Waals surface area (Å²) in [4.78, 5) is 26.2. The van der Waals surface area contributed by atoms with Crippen LogP contribution in [0.4, 0.5) is 0 Å². The summed E-state index contributed by atoms with van der Waals surface area (Å²) in [5.41, 5.74) is 1.03. The lowest BCUT2D eigenvalue weighted by Gasteiger charge is -2.32. The quantitative estimate of drug-likeness (QED) is 0.782. The molecule has 1 heterocycles. The van der Waals surface area contributed by atoms with Crippen molar-refractivity contribution in [3.8, 4) is 5.75 Å². The lowest BCUT2D eigenvalue weighted by atomic mass is 9.98. The molecule has 3 rings (SSSR count). The normalized spacial score (nSPS) is 18.4. The van der Waals surface area contributed by atoms with Gasteiger partial charge in [0, 0.05) is 6.42 Å². The van der Waals surface area contributed by atoms with Gasteiger partial charge in [0.25, 0.3) is 0 Å². The zero-order valence-electron chi connectivity index (χ0n) is 14.8. The number of esters is 1. The molecule has 5 nitrogen and oxygen atoms in total. The summed E-state index contributed by atoms with van der Waals surface area (Å²) in [6.07, 6.45) is 1.65. The van der Waals surface area contributed by atoms with Gasteiger partial charge in [-0.3, -0.25) is 4.79 Å². The minimum absolute atomic E-state index is 0.0112. The van der Waals surface area contributed by atoms with Crippen LogP contribution in [0.3, 0.4) is 0 Å². The van der Waals surface area contributed by atoms with Crippen LogP contribution in [0, 0.1) is 0 Å². The first-order chi connectivity index (χ1) is 12.1. The Morgan fingerprint density at radius 2 is 1.92 bits per heavy atom. The number of fused-ring (bicyclic) bond motifs is 1. The molecule has 0 N–H and O–H groups in total. The van der Waals surface area contributed by atoms with Crippen molar-refractivity contribution < 1.29 is 19.1 Å². The van der Waals surface area contributed by atoms with Crippen LogP contribution in [0.5, 0.6) is 5.75 Å². The fourth-order valence-corrected chi connectivity index (χ4v) is 3.63. The van der Waals surface area contributed by atoms with Crippen molar-refractivity contribution in [3.05, 3.63) is 42.0 Å². The van der Waals surface area contributed by atoms with Crippen LogP contribution in [0.2, 0.25) is 0 Å². The van der Waals surface area contributed by atoms with Crippen LogP contribution >= 0.6 is 0 Å². The molecule has 2 aromatic carbocycles. The van der Waals surface area contributed by atoms with Gasteiger partial charge in [-0.1, -0.05) is 25.1 Å². The highest BCUT2D eigenvalue weighted by atomic mass is 16.5. The van der Waals surface area contributed by atoms with Crippen molar-refractivity contribution in [2.24, 2.45) is 0 Å². The number of carbonyl (C=O) groups excluding carboxylic acids is 2. The Morgan fingerprint density at radius 1 is 1.20 bits per heavy atom. The number of benzene rings is 2. The number of amides is 1. The molecule has 0 aliphatic carbocycles. The summed E-state index contributed by atoms with van der Waals surface area (Å²) in [6.45, 7) is 2.03. The summed E-state index contributed by atoms with van der Waals surface area (Å²) in [6, 6.07) is 11.4. The predicted octanol–water partition coefficient (Wildman–Crippen LogP) is 3.46. The maximum atomic E-state index is 12.4. The second kappa shape index (κ2) is 7.13. The third-order valence-corrected chi connectivity index (χ3v) is 4.91. The molecule has 132 valence electrons. The zero-order valence-corrected chi connectivity index (χ0v) is 14.8. The second-order valence-corrected chi connectivity index (χ2v) is 6.28. The first kappa shape index (κ1) is 17.3. The summed E-state index contributed by atoms with van der Waals surface area (Å²) >= 11 is 0. The van der Waals surface area contributed by atoms with E-state index in [1.54, 1.807) is 12.0 Å². The van der Waals surface area contributed by atoms with Crippen molar-refractivity contribution >= 4 is 22.6 Å². The minimum atomic E-state index is -0.492. The monoisotopic (exact) mass is 341 g/mol. The Kier molecular flexibility index (Phi) is 4.93. The molecular weight excluding hydrogens is 318 g/mol. The van der Waals surface area contributed by atoms with E-state index >= 15 is 0 Å². The van der Waals surface area contributed by atoms with Crippen molar-refractivity contribution in [2.45, 2.75) is 38.3 Å². The topological polar surface area (TPSA) is 55.8 Å². The van der Waals surface area contributed by atoms with E-state index in [0.717, 1.165) is 28.5 Å². The number of nitrogens with zero attached hydrogens (tertiary/aromatic N) is 1. The van der Waals surface area contributed by atoms with Gasteiger partial charge in [-0.25, -0.2) is 4.79 Å². The minimum Gasteiger partial charge on any atom is -0.497 e. The molecule has 1 aliphatic heterocycles. The fraction of sp³-hybridized carbons (Fsp3) is 0.400. The van der Waals surface area contributed by atoms with Crippen LogP contribution in [0.1, 0.15) is 37.8 Å². The lowest BCUT2D eigenvalue weighted by Crippen LogP contribution is -2.41. The molecule has 25 heavy (non-hydrogen) atoms. The highest BCUT2D eigenvalue weighted by molar-refractivity contribution is 5.89. The first-order valence-corrected chi connectivity index (χ1v) is 8.55. The lowest BCUT2D eigenvalue weighted by molar-refractivity contribution is -0.151. The molecule has 1 aliphatic rings. The van der Waals surface area contributed by atoms with Crippen LogP contribution in [-0.2, 0) is 14.3 Å². The van der Waals surface area contributed by atoms with E-state index in [9.17, 15) is 9.59 Å². The van der Waals surface area contributed by atoms with Crippen LogP contribution < -0.4 is 4.74 Å². The SMILES string of the molecule is CCC(c1ccc2cc(OC)ccc2c1)N1C(=O)CCC1C(=O)OC. The van der Waals surface area contributed by atoms with Gasteiger partial charge in [0.05, 0.1) is 20.3 Å². The summed E-state index contributed by atoms with van der Waals surface area (Å²) < 4.78 is 10.2. The highest BCUT2D eigenvalue weighted by Gasteiger charge is 2.40. The molecule has 2 atom stereocenters. The molecule has 0 bridgehead atoms. The molecule has 0 spiro atoms. The van der Waals surface area contributed by atoms with Crippen molar-refractivity contribution in [2.75, 3.05) is 14.2 Å². The van der Waals surface area contributed by atoms with Gasteiger partial charge in [-0.15, -0.1) is 0 Å². The number of methoxy groups -OCH3 is 2. The molecule has 1 saturated heterocycles. The number of rotatable bonds is 5. The van der Waals surface area contributed by atoms with Gasteiger partial charge >= 0.3 is 5.97 Å². The zero-order chi connectivity index (χ0) is 18.0. The molecule has 0 radical (unpaired) electrons. The Morgan fingerprint density at radius 3 is 2.60 bits per heavy atom. The smallest absolute Gasteiger partial charge is 0.328 e. The largest absolute Gasteiger partial charge is 0.497 e. The maximum Gasteiger partial charge on any atom is 0.328 e. The Bertz CT molecular complexity index is 801. The second-order valence-electron chi connectivity index (χ2n) is 6.28. The van der Waals surface area contributed by atoms with Gasteiger partial charge in [0.1, 0.15) is 11.8 Å². The van der Waals surface area contributed by atoms with Crippen LogP contribution in [-0.4, -0.2) is 37.0 Å². The molecule has 0 aromatic heterocycles. The van der Waals surface area contributed by atoms with E-state index in [4.69, 9.17) is 9.47 Å². The van der Waals surface area contributed by atoms with Gasteiger partial charge in [-0.2, -0.15) is 0 Å². The maximum absolute atomic E-state index is 12.4. The standard InChI is InChI=1S/C20H23NO4/c1-4-17(21-18(20(23)25-3)9-10-19(21)22)15-6-5-14-12-16(24-2)8-7-13(14)11-15/h5-8,11-12,17-18H,4,9-10H2,1-3H3. The van der Waals surface area contributed by atoms with Gasteiger partial charge < -0.3 is 14.4 Å². The molecular formula is C20H23NO4. The number of carbonyl (C=O) groups is 2. The van der Waals surface area contributed by atoms with Crippen molar-refractivity contribution in [1.82, 2.24) is 4.90 Å². The summed E-state index contributed by atoms with van der Waals surface area (Å²) in [5.74, 6) is 0.486. The van der Waals surface area contributed by atoms with E-state index in [-0.39, 0.29) is 17.9 Å². The summed E-state index contributed by atoms with van der Waals surface area (Å²) in [7, 11) is 3.02. The van der Waals surface area contributed by atoms with E-state index in [1.807, 2.05) is 37.3 Å². The van der Waals surface area contributed by atoms with Crippen LogP contribution in [0.15, 0.2) is 36.4 Å². The molecule has 2 aromatic rings. The number of ether oxygens (including phenoxy) is 2. The van der Waals surface area contributed by atoms with Crippen LogP contribution in [0.25, 0.3) is 10.8 Å². The Labute approximate surface area is 147 Å². The molecule has 1 amide bonds. The molecule has 0 saturated carbocycles. The number of likely N-dealkylation sites (tertiary alicyclic amines) is 1. The summed E-state index contributed by atoms with van der Waals surface area (Å²) in [5, 5.41) is 2.16. The van der Waals surface area contributed by atoms with E-state index in [1.165, 1.54) is 7.11 Å². The predicted molar refractivity (Wildman–Crippen MR) is 95.4 cm³/mol. The van der Waals surface area contributed by atoms with Gasteiger partial charge in [0.2, 0.25) is 5.91 Å². The first-order valence-electron chi connectivity index (χ1n) is 8.55. The van der Waals surface area contributed by atoms with E-state index in [2.05, 4.69) is 6.07 Å². The average molecular weight is 341 g/mol. The fourth-order valence-electron chi connectivity index (χ4n) is 3.63. The van der Waals surface area contributed by atoms with Crippen molar-refractivity contribution in [1.29, 1.82) is 0 Å². The van der Waals surface area contributed by atoms with E-state index in [0.29, 0.717) is 12.8 Å². The third kappa shape index (κ3) is 3.18. The Hall–Kier alpha value is -2.56. The number of hydrogen-bond acceptors (Lipinski definition) is 4. The average Bonchev–Trinajstić information content (AvgIpc) is 3.02. The van der Waals surface area contributed by atoms with Gasteiger partial charge in [0.15, 0.2) is 0 Å². The molecule has 5 heteroatoms. The highest BCUT2D eigenvalue weighted by Crippen LogP contribution is 2.35. The van der Waals surface area contributed by atoms with E-state index < -0.39 is 6.04 Å². The number of hydrogen-bond donors (Lipinski definition) is 0.